The van der Waals surface area contributed by atoms with Crippen LogP contribution in [0.4, 0.5) is 5.13 Å². The van der Waals surface area contributed by atoms with Crippen LogP contribution in [0, 0.1) is 13.8 Å². The number of hydrogen-bond donors (Lipinski definition) is 2. The Bertz CT molecular complexity index is 670. The summed E-state index contributed by atoms with van der Waals surface area (Å²) in [6.45, 7) is 6.27. The van der Waals surface area contributed by atoms with Crippen LogP contribution < -0.4 is 10.6 Å². The second kappa shape index (κ2) is 8.06. The molecule has 0 bridgehead atoms. The fourth-order valence-electron chi connectivity index (χ4n) is 2.35. The van der Waals surface area contributed by atoms with E-state index < -0.39 is 0 Å². The maximum Gasteiger partial charge on any atom is 0.226 e. The number of anilines is 1. The average Bonchev–Trinajstić information content (AvgIpc) is 2.91. The summed E-state index contributed by atoms with van der Waals surface area (Å²) in [7, 11) is 0. The Balaban J connectivity index is 1.80. The lowest BCUT2D eigenvalue weighted by atomic mass is 10.1. The third kappa shape index (κ3) is 5.03. The summed E-state index contributed by atoms with van der Waals surface area (Å²) in [5.74, 6) is -0.0111. The molecule has 0 unspecified atom stereocenters. The van der Waals surface area contributed by atoms with Gasteiger partial charge in [-0.3, -0.25) is 9.59 Å². The van der Waals surface area contributed by atoms with Crippen molar-refractivity contribution in [2.75, 3.05) is 11.9 Å². The lowest BCUT2D eigenvalue weighted by molar-refractivity contribution is -0.119. The molecule has 0 aliphatic carbocycles. The van der Waals surface area contributed by atoms with E-state index in [0.717, 1.165) is 35.0 Å². The molecule has 1 aromatic carbocycles. The van der Waals surface area contributed by atoms with Crippen molar-refractivity contribution in [3.8, 4) is 0 Å². The van der Waals surface area contributed by atoms with Crippen LogP contribution in [0.2, 0.25) is 0 Å². The van der Waals surface area contributed by atoms with E-state index in [9.17, 15) is 9.59 Å². The molecule has 1 heterocycles. The number of aryl methyl sites for hydroxylation is 2. The quantitative estimate of drug-likeness (QED) is 0.761. The Morgan fingerprint density at radius 2 is 1.87 bits per heavy atom. The molecule has 2 N–H and O–H groups in total. The normalized spacial score (nSPS) is 10.7. The molecular formula is C17H23N3O2S. The summed E-state index contributed by atoms with van der Waals surface area (Å²) in [6.07, 6.45) is 3.11. The molecule has 2 rings (SSSR count). The van der Waals surface area contributed by atoms with E-state index in [2.05, 4.69) is 34.7 Å². The molecule has 124 valence electrons. The first-order valence-electron chi connectivity index (χ1n) is 7.88. The number of fused-ring (bicyclic) bond motifs is 1. The Labute approximate surface area is 140 Å². The van der Waals surface area contributed by atoms with Gasteiger partial charge in [0.15, 0.2) is 5.13 Å². The van der Waals surface area contributed by atoms with Gasteiger partial charge < -0.3 is 10.6 Å². The highest BCUT2D eigenvalue weighted by Crippen LogP contribution is 2.30. The van der Waals surface area contributed by atoms with Crippen molar-refractivity contribution in [2.24, 2.45) is 0 Å². The van der Waals surface area contributed by atoms with Crippen LogP contribution in [-0.4, -0.2) is 23.3 Å². The topological polar surface area (TPSA) is 71.1 Å². The number of aromatic nitrogens is 1. The van der Waals surface area contributed by atoms with Gasteiger partial charge >= 0.3 is 0 Å². The van der Waals surface area contributed by atoms with Gasteiger partial charge in [0.05, 0.1) is 10.2 Å². The van der Waals surface area contributed by atoms with Crippen molar-refractivity contribution in [3.63, 3.8) is 0 Å². The van der Waals surface area contributed by atoms with Crippen molar-refractivity contribution in [3.05, 3.63) is 23.3 Å². The molecule has 0 radical (unpaired) electrons. The summed E-state index contributed by atoms with van der Waals surface area (Å²) in [4.78, 5) is 27.2. The van der Waals surface area contributed by atoms with Crippen molar-refractivity contribution in [1.29, 1.82) is 0 Å². The summed E-state index contributed by atoms with van der Waals surface area (Å²) < 4.78 is 1.13. The molecule has 6 heteroatoms. The first-order chi connectivity index (χ1) is 11.0. The van der Waals surface area contributed by atoms with E-state index in [1.807, 2.05) is 6.92 Å². The standard InChI is InChI=1S/C17H23N3O2S/c1-11-8-9-12(2)16-15(11)20-17(23-16)19-14(22)7-5-4-6-10-18-13(3)21/h8-9H,4-7,10H2,1-3H3,(H,18,21)(H,19,20,22). The molecule has 0 fully saturated rings. The number of carbonyl (C=O) groups excluding carboxylic acids is 2. The van der Waals surface area contributed by atoms with E-state index in [1.165, 1.54) is 23.8 Å². The fraction of sp³-hybridized carbons (Fsp3) is 0.471. The predicted octanol–water partition coefficient (Wildman–Crippen LogP) is 3.55. The minimum Gasteiger partial charge on any atom is -0.356 e. The van der Waals surface area contributed by atoms with E-state index >= 15 is 0 Å². The van der Waals surface area contributed by atoms with Gasteiger partial charge in [-0.15, -0.1) is 0 Å². The lowest BCUT2D eigenvalue weighted by Gasteiger charge is -2.03. The number of nitrogens with one attached hydrogen (secondary N) is 2. The second-order valence-corrected chi connectivity index (χ2v) is 6.74. The molecule has 0 saturated carbocycles. The van der Waals surface area contributed by atoms with Gasteiger partial charge in [0.1, 0.15) is 0 Å². The SMILES string of the molecule is CC(=O)NCCCCCC(=O)Nc1nc2c(C)ccc(C)c2s1. The van der Waals surface area contributed by atoms with Crippen molar-refractivity contribution < 1.29 is 9.59 Å². The van der Waals surface area contributed by atoms with Crippen LogP contribution >= 0.6 is 11.3 Å². The van der Waals surface area contributed by atoms with Crippen LogP contribution in [0.5, 0.6) is 0 Å². The summed E-state index contributed by atoms with van der Waals surface area (Å²) in [6, 6.07) is 4.13. The number of nitrogens with zero attached hydrogens (tertiary/aromatic N) is 1. The van der Waals surface area contributed by atoms with Crippen molar-refractivity contribution in [2.45, 2.75) is 46.5 Å². The molecule has 1 aromatic heterocycles. The number of rotatable bonds is 7. The molecular weight excluding hydrogens is 310 g/mol. The molecule has 2 amide bonds. The Morgan fingerprint density at radius 3 is 2.57 bits per heavy atom. The first kappa shape index (κ1) is 17.4. The van der Waals surface area contributed by atoms with Crippen molar-refractivity contribution >= 4 is 38.5 Å². The van der Waals surface area contributed by atoms with E-state index in [0.29, 0.717) is 18.1 Å². The highest BCUT2D eigenvalue weighted by atomic mass is 32.1. The molecule has 23 heavy (non-hydrogen) atoms. The van der Waals surface area contributed by atoms with E-state index in [4.69, 9.17) is 0 Å². The number of carbonyl (C=O) groups is 2. The zero-order valence-electron chi connectivity index (χ0n) is 13.9. The lowest BCUT2D eigenvalue weighted by Crippen LogP contribution is -2.20. The Kier molecular flexibility index (Phi) is 6.10. The monoisotopic (exact) mass is 333 g/mol. The number of benzene rings is 1. The number of amides is 2. The maximum atomic E-state index is 12.0. The van der Waals surface area contributed by atoms with Crippen molar-refractivity contribution in [1.82, 2.24) is 10.3 Å². The molecule has 0 atom stereocenters. The molecule has 5 nitrogen and oxygen atoms in total. The Hall–Kier alpha value is -1.95. The third-order valence-corrected chi connectivity index (χ3v) is 4.75. The molecule has 0 spiro atoms. The highest BCUT2D eigenvalue weighted by molar-refractivity contribution is 7.22. The van der Waals surface area contributed by atoms with Crippen LogP contribution in [0.1, 0.15) is 43.7 Å². The maximum absolute atomic E-state index is 12.0. The predicted molar refractivity (Wildman–Crippen MR) is 94.9 cm³/mol. The zero-order chi connectivity index (χ0) is 16.8. The number of unbranched alkanes of at least 4 members (excludes halogenated alkanes) is 2. The van der Waals surface area contributed by atoms with Crippen LogP contribution in [-0.2, 0) is 9.59 Å². The minimum atomic E-state index is -0.0100. The molecule has 0 aliphatic heterocycles. The van der Waals surface area contributed by atoms with Crippen LogP contribution in [0.3, 0.4) is 0 Å². The van der Waals surface area contributed by atoms with E-state index in [-0.39, 0.29) is 11.8 Å². The number of hydrogen-bond acceptors (Lipinski definition) is 4. The second-order valence-electron chi connectivity index (χ2n) is 5.74. The van der Waals surface area contributed by atoms with Gasteiger partial charge in [-0.1, -0.05) is 29.9 Å². The highest BCUT2D eigenvalue weighted by Gasteiger charge is 2.10. The minimum absolute atomic E-state index is 0.00103. The number of thiazole rings is 1. The average molecular weight is 333 g/mol. The van der Waals surface area contributed by atoms with Gasteiger partial charge in [-0.2, -0.15) is 0 Å². The summed E-state index contributed by atoms with van der Waals surface area (Å²) in [5.41, 5.74) is 3.28. The van der Waals surface area contributed by atoms with Crippen LogP contribution in [0.15, 0.2) is 12.1 Å². The molecule has 0 saturated heterocycles. The van der Waals surface area contributed by atoms with Gasteiger partial charge in [-0.05, 0) is 37.8 Å². The third-order valence-electron chi connectivity index (χ3n) is 3.64. The zero-order valence-corrected chi connectivity index (χ0v) is 14.7. The fourth-order valence-corrected chi connectivity index (χ4v) is 3.37. The van der Waals surface area contributed by atoms with Crippen LogP contribution in [0.25, 0.3) is 10.2 Å². The first-order valence-corrected chi connectivity index (χ1v) is 8.70. The van der Waals surface area contributed by atoms with E-state index in [1.54, 1.807) is 0 Å². The Morgan fingerprint density at radius 1 is 1.13 bits per heavy atom. The summed E-state index contributed by atoms with van der Waals surface area (Å²) in [5, 5.41) is 6.31. The van der Waals surface area contributed by atoms with Gasteiger partial charge in [0, 0.05) is 19.9 Å². The molecule has 2 aromatic rings. The molecule has 0 aliphatic rings. The summed E-state index contributed by atoms with van der Waals surface area (Å²) >= 11 is 1.53. The largest absolute Gasteiger partial charge is 0.356 e. The van der Waals surface area contributed by atoms with Gasteiger partial charge in [0.2, 0.25) is 11.8 Å². The smallest absolute Gasteiger partial charge is 0.226 e. The van der Waals surface area contributed by atoms with Gasteiger partial charge in [-0.25, -0.2) is 4.98 Å². The van der Waals surface area contributed by atoms with Gasteiger partial charge in [0.25, 0.3) is 0 Å².